The molecule has 1 aliphatic carbocycles. The maximum Gasteiger partial charge on any atom is 0.320 e. The fraction of sp³-hybridized carbons (Fsp3) is 0.516. The molecule has 6 rings (SSSR count). The number of hydrogen-bond donors (Lipinski definition) is 2. The minimum Gasteiger partial charge on any atom is -0.395 e. The fourth-order valence-corrected chi connectivity index (χ4v) is 7.23. The smallest absolute Gasteiger partial charge is 0.320 e. The maximum atomic E-state index is 15.0. The van der Waals surface area contributed by atoms with Crippen molar-refractivity contribution < 1.29 is 23.1 Å². The van der Waals surface area contributed by atoms with Gasteiger partial charge in [0.05, 0.1) is 18.2 Å². The van der Waals surface area contributed by atoms with E-state index < -0.39 is 23.5 Å². The summed E-state index contributed by atoms with van der Waals surface area (Å²) in [6, 6.07) is 5.18. The van der Waals surface area contributed by atoms with Crippen LogP contribution in [-0.2, 0) is 6.54 Å². The molecule has 0 unspecified atom stereocenters. The van der Waals surface area contributed by atoms with E-state index in [-0.39, 0.29) is 35.3 Å². The van der Waals surface area contributed by atoms with Crippen LogP contribution in [0, 0.1) is 17.5 Å². The van der Waals surface area contributed by atoms with E-state index in [2.05, 4.69) is 15.2 Å². The average Bonchev–Trinajstić information content (AvgIpc) is 3.48. The molecular formula is C31H37F3N6O3. The Morgan fingerprint density at radius 3 is 2.65 bits per heavy atom. The van der Waals surface area contributed by atoms with Gasteiger partial charge < -0.3 is 20.2 Å². The first-order valence-corrected chi connectivity index (χ1v) is 15.0. The lowest BCUT2D eigenvalue weighted by Gasteiger charge is -2.51. The van der Waals surface area contributed by atoms with Crippen LogP contribution in [0.4, 0.5) is 18.0 Å². The first kappa shape index (κ1) is 29.6. The summed E-state index contributed by atoms with van der Waals surface area (Å²) in [6.07, 6.45) is 7.46. The fourth-order valence-electron chi connectivity index (χ4n) is 7.23. The van der Waals surface area contributed by atoms with Gasteiger partial charge in [0.25, 0.3) is 5.56 Å². The molecule has 2 aliphatic heterocycles. The van der Waals surface area contributed by atoms with Crippen LogP contribution in [0.5, 0.6) is 0 Å². The van der Waals surface area contributed by atoms with E-state index in [9.17, 15) is 23.5 Å². The molecule has 3 fully saturated rings. The lowest BCUT2D eigenvalue weighted by molar-refractivity contribution is -0.00259. The van der Waals surface area contributed by atoms with Crippen molar-refractivity contribution in [2.45, 2.75) is 62.7 Å². The number of nitrogens with one attached hydrogen (secondary N) is 1. The van der Waals surface area contributed by atoms with Crippen molar-refractivity contribution in [1.29, 1.82) is 0 Å². The summed E-state index contributed by atoms with van der Waals surface area (Å²) in [5, 5.41) is 12.5. The van der Waals surface area contributed by atoms with E-state index in [0.717, 1.165) is 44.0 Å². The second kappa shape index (κ2) is 12.3. The second-order valence-electron chi connectivity index (χ2n) is 12.0. The Balaban J connectivity index is 1.24. The number of urea groups is 1. The average molecular weight is 599 g/mol. The summed E-state index contributed by atoms with van der Waals surface area (Å²) in [4.78, 5) is 37.5. The van der Waals surface area contributed by atoms with Crippen molar-refractivity contribution in [3.05, 3.63) is 81.7 Å². The number of rotatable bonds is 6. The Labute approximate surface area is 247 Å². The van der Waals surface area contributed by atoms with Gasteiger partial charge >= 0.3 is 6.03 Å². The number of piperidine rings is 1. The van der Waals surface area contributed by atoms with Gasteiger partial charge in [0.2, 0.25) is 0 Å². The normalized spacial score (nSPS) is 22.5. The molecule has 2 amide bonds. The number of carbonyl (C=O) groups is 1. The summed E-state index contributed by atoms with van der Waals surface area (Å²) in [7, 11) is 0. The molecule has 1 spiro atoms. The molecule has 9 nitrogen and oxygen atoms in total. The predicted molar refractivity (Wildman–Crippen MR) is 154 cm³/mol. The molecular weight excluding hydrogens is 561 g/mol. The zero-order valence-corrected chi connectivity index (χ0v) is 24.0. The Kier molecular flexibility index (Phi) is 8.43. The van der Waals surface area contributed by atoms with Gasteiger partial charge in [0.15, 0.2) is 0 Å². The van der Waals surface area contributed by atoms with E-state index in [0.29, 0.717) is 63.3 Å². The first-order chi connectivity index (χ1) is 20.8. The van der Waals surface area contributed by atoms with E-state index in [1.165, 1.54) is 22.6 Å². The van der Waals surface area contributed by atoms with Crippen LogP contribution in [-0.4, -0.2) is 86.1 Å². The lowest BCUT2D eigenvalue weighted by Crippen LogP contribution is -2.64. The summed E-state index contributed by atoms with van der Waals surface area (Å²) in [5.74, 6) is -1.63. The van der Waals surface area contributed by atoms with Gasteiger partial charge in [-0.3, -0.25) is 14.1 Å². The highest BCUT2D eigenvalue weighted by atomic mass is 19.1. The van der Waals surface area contributed by atoms with Gasteiger partial charge in [-0.25, -0.2) is 22.9 Å². The number of halogens is 3. The topological polar surface area (TPSA) is 93.4 Å². The Bertz CT molecular complexity index is 1540. The SMILES string of the molecule is O=C(N1CCN(Cc2cnc3ccc(F)cn3c2=O)C2(CCCC2)C1)N1CC[C@@H](NCCO)C[C@H]1c1cc(F)ccc1F. The Morgan fingerprint density at radius 1 is 1.07 bits per heavy atom. The predicted octanol–water partition coefficient (Wildman–Crippen LogP) is 3.45. The number of aliphatic hydroxyl groups excluding tert-OH is 1. The number of likely N-dealkylation sites (tertiary alicyclic amines) is 1. The number of piperazine rings is 1. The third-order valence-corrected chi connectivity index (χ3v) is 9.41. The van der Waals surface area contributed by atoms with Crippen LogP contribution in [0.1, 0.15) is 55.7 Å². The molecule has 0 bridgehead atoms. The number of carbonyl (C=O) groups excluding carboxylic acids is 1. The number of hydrogen-bond acceptors (Lipinski definition) is 6. The van der Waals surface area contributed by atoms with E-state index in [1.807, 2.05) is 4.90 Å². The van der Waals surface area contributed by atoms with E-state index >= 15 is 4.39 Å². The van der Waals surface area contributed by atoms with Gasteiger partial charge in [-0.05, 0) is 56.0 Å². The van der Waals surface area contributed by atoms with Crippen molar-refractivity contribution >= 4 is 11.7 Å². The third-order valence-electron chi connectivity index (χ3n) is 9.41. The number of pyridine rings is 1. The van der Waals surface area contributed by atoms with E-state index in [1.54, 1.807) is 11.1 Å². The standard InChI is InChI=1S/C31H37F3N6O3/c32-22-3-5-26(34)25(15-22)27-16-24(35-10-14-41)7-11-39(27)30(43)37-12-13-38(31(20-37)8-1-2-9-31)18-21-17-36-28-6-4-23(33)19-40(28)29(21)42/h3-6,15,17,19,24,27,35,41H,1-2,7-14,16,18,20H2/t24-,27+/m1/s1. The van der Waals surface area contributed by atoms with Crippen LogP contribution in [0.25, 0.3) is 5.65 Å². The number of amides is 2. The Morgan fingerprint density at radius 2 is 1.86 bits per heavy atom. The summed E-state index contributed by atoms with van der Waals surface area (Å²) in [5.41, 5.74) is 0.351. The number of fused-ring (bicyclic) bond motifs is 1. The summed E-state index contributed by atoms with van der Waals surface area (Å²) < 4.78 is 44.4. The van der Waals surface area contributed by atoms with Gasteiger partial charge in [-0.2, -0.15) is 0 Å². The molecule has 2 N–H and O–H groups in total. The molecule has 12 heteroatoms. The Hall–Kier alpha value is -3.48. The van der Waals surface area contributed by atoms with Crippen molar-refractivity contribution in [2.75, 3.05) is 39.3 Å². The lowest BCUT2D eigenvalue weighted by atomic mass is 9.90. The molecule has 2 saturated heterocycles. The van der Waals surface area contributed by atoms with Crippen molar-refractivity contribution in [2.24, 2.45) is 0 Å². The molecule has 1 aromatic carbocycles. The van der Waals surface area contributed by atoms with Crippen LogP contribution < -0.4 is 10.9 Å². The number of nitrogens with zero attached hydrogens (tertiary/aromatic N) is 5. The molecule has 230 valence electrons. The molecule has 0 radical (unpaired) electrons. The van der Waals surface area contributed by atoms with Gasteiger partial charge in [0, 0.05) is 68.8 Å². The van der Waals surface area contributed by atoms with Crippen LogP contribution in [0.3, 0.4) is 0 Å². The minimum absolute atomic E-state index is 0.0385. The highest BCUT2D eigenvalue weighted by Gasteiger charge is 2.46. The van der Waals surface area contributed by atoms with Crippen molar-refractivity contribution in [3.63, 3.8) is 0 Å². The van der Waals surface area contributed by atoms with Gasteiger partial charge in [0.1, 0.15) is 23.1 Å². The highest BCUT2D eigenvalue weighted by Crippen LogP contribution is 2.40. The van der Waals surface area contributed by atoms with Crippen LogP contribution >= 0.6 is 0 Å². The molecule has 3 aromatic rings. The van der Waals surface area contributed by atoms with Crippen LogP contribution in [0.2, 0.25) is 0 Å². The molecule has 1 saturated carbocycles. The third kappa shape index (κ3) is 5.87. The number of aliphatic hydroxyl groups is 1. The molecule has 43 heavy (non-hydrogen) atoms. The second-order valence-corrected chi connectivity index (χ2v) is 12.0. The number of benzene rings is 1. The number of aromatic nitrogens is 2. The van der Waals surface area contributed by atoms with E-state index in [4.69, 9.17) is 0 Å². The quantitative estimate of drug-likeness (QED) is 0.452. The molecule has 4 heterocycles. The van der Waals surface area contributed by atoms with Gasteiger partial charge in [-0.15, -0.1) is 0 Å². The largest absolute Gasteiger partial charge is 0.395 e. The van der Waals surface area contributed by atoms with Crippen LogP contribution in [0.15, 0.2) is 47.5 Å². The molecule has 2 atom stereocenters. The first-order valence-electron chi connectivity index (χ1n) is 15.0. The summed E-state index contributed by atoms with van der Waals surface area (Å²) in [6.45, 7) is 2.46. The minimum atomic E-state index is -0.658. The molecule has 3 aliphatic rings. The van der Waals surface area contributed by atoms with Crippen molar-refractivity contribution in [3.8, 4) is 0 Å². The monoisotopic (exact) mass is 598 g/mol. The van der Waals surface area contributed by atoms with Crippen molar-refractivity contribution in [1.82, 2.24) is 29.4 Å². The zero-order valence-electron chi connectivity index (χ0n) is 24.0. The molecule has 2 aromatic heterocycles. The summed E-state index contributed by atoms with van der Waals surface area (Å²) >= 11 is 0. The highest BCUT2D eigenvalue weighted by molar-refractivity contribution is 5.75. The zero-order chi connectivity index (χ0) is 30.1. The maximum absolute atomic E-state index is 15.0. The van der Waals surface area contributed by atoms with Gasteiger partial charge in [-0.1, -0.05) is 12.8 Å².